The summed E-state index contributed by atoms with van der Waals surface area (Å²) in [4.78, 5) is 28.8. The number of hydrogen-bond acceptors (Lipinski definition) is 10. The van der Waals surface area contributed by atoms with Gasteiger partial charge in [0, 0.05) is 11.3 Å². The number of benzene rings is 4. The largest absolute Gasteiger partial charge is 0.507 e. The predicted octanol–water partition coefficient (Wildman–Crippen LogP) is 6.81. The molecule has 5 aromatic rings. The van der Waals surface area contributed by atoms with Crippen LogP contribution >= 0.6 is 23.1 Å². The number of carbonyl (C=O) groups excluding carboxylic acids is 2. The van der Waals surface area contributed by atoms with Crippen molar-refractivity contribution in [2.24, 2.45) is 0 Å². The molecule has 1 saturated heterocycles. The van der Waals surface area contributed by atoms with Gasteiger partial charge in [-0.1, -0.05) is 95.9 Å². The number of ketones is 1. The van der Waals surface area contributed by atoms with E-state index in [2.05, 4.69) is 10.2 Å². The highest BCUT2D eigenvalue weighted by Crippen LogP contribution is 2.45. The van der Waals surface area contributed by atoms with Crippen LogP contribution < -0.4 is 19.1 Å². The maximum Gasteiger partial charge on any atom is 0.301 e. The summed E-state index contributed by atoms with van der Waals surface area (Å²) in [6, 6.07) is 30.8. The molecule has 11 heteroatoms. The molecule has 0 radical (unpaired) electrons. The first-order valence-corrected chi connectivity index (χ1v) is 16.3. The molecule has 1 atom stereocenters. The molecule has 0 unspecified atom stereocenters. The molecule has 0 spiro atoms. The van der Waals surface area contributed by atoms with E-state index in [-0.39, 0.29) is 16.5 Å². The topological polar surface area (TPSA) is 111 Å². The molecule has 230 valence electrons. The molecule has 7 rings (SSSR count). The highest BCUT2D eigenvalue weighted by Gasteiger charge is 2.48. The van der Waals surface area contributed by atoms with Crippen molar-refractivity contribution < 1.29 is 28.9 Å². The lowest BCUT2D eigenvalue weighted by molar-refractivity contribution is -0.132. The maximum absolute atomic E-state index is 13.7. The number of carbonyl (C=O) groups is 2. The van der Waals surface area contributed by atoms with Gasteiger partial charge < -0.3 is 19.3 Å². The second-order valence-corrected chi connectivity index (χ2v) is 12.7. The van der Waals surface area contributed by atoms with Crippen molar-refractivity contribution in [3.63, 3.8) is 0 Å². The van der Waals surface area contributed by atoms with E-state index in [1.807, 2.05) is 66.7 Å². The standard InChI is InChI=1S/C35H27N3O6S2/c39-31(25-14-15-27-28(19-25)43-17-16-42-27)29-30(24-12-7-13-26(18-24)44-20-22-8-3-1-4-9-22)38(33(41)32(29)40)34-36-37-35(46-34)45-21-23-10-5-2-6-11-23/h1-15,18-19,30,39H,16-17,20-21H2/b31-29+/t30-/m1/s1. The zero-order chi connectivity index (χ0) is 31.5. The number of hydrogen-bond donors (Lipinski definition) is 1. The summed E-state index contributed by atoms with van der Waals surface area (Å²) in [6.45, 7) is 1.11. The zero-order valence-corrected chi connectivity index (χ0v) is 26.0. The van der Waals surface area contributed by atoms with Crippen LogP contribution in [0.5, 0.6) is 17.2 Å². The van der Waals surface area contributed by atoms with Gasteiger partial charge in [-0.2, -0.15) is 0 Å². The molecule has 1 fully saturated rings. The first kappa shape index (κ1) is 29.6. The van der Waals surface area contributed by atoms with Crippen molar-refractivity contribution in [2.45, 2.75) is 22.7 Å². The Morgan fingerprint density at radius 1 is 0.870 bits per heavy atom. The SMILES string of the molecule is O=C1C(=O)N(c2nnc(SCc3ccccc3)s2)[C@H](c2cccc(OCc3ccccc3)c2)/C1=C(\O)c1ccc2c(c1)OCCO2. The Labute approximate surface area is 273 Å². The minimum atomic E-state index is -0.992. The van der Waals surface area contributed by atoms with Gasteiger partial charge in [-0.15, -0.1) is 10.2 Å². The fourth-order valence-corrected chi connectivity index (χ4v) is 7.11. The van der Waals surface area contributed by atoms with E-state index in [9.17, 15) is 14.7 Å². The van der Waals surface area contributed by atoms with Gasteiger partial charge in [0.05, 0.1) is 11.6 Å². The lowest BCUT2D eigenvalue weighted by Gasteiger charge is -2.23. The summed E-state index contributed by atoms with van der Waals surface area (Å²) in [5.74, 6) is 0.225. The maximum atomic E-state index is 13.7. The fraction of sp³-hybridized carbons (Fsp3) is 0.143. The Morgan fingerprint density at radius 3 is 2.39 bits per heavy atom. The predicted molar refractivity (Wildman–Crippen MR) is 175 cm³/mol. The summed E-state index contributed by atoms with van der Waals surface area (Å²) >= 11 is 2.71. The molecule has 2 aliphatic heterocycles. The number of thioether (sulfide) groups is 1. The van der Waals surface area contributed by atoms with Crippen LogP contribution in [0, 0.1) is 0 Å². The van der Waals surface area contributed by atoms with Gasteiger partial charge >= 0.3 is 5.91 Å². The van der Waals surface area contributed by atoms with E-state index in [1.165, 1.54) is 28.0 Å². The van der Waals surface area contributed by atoms with Crippen molar-refractivity contribution in [1.82, 2.24) is 10.2 Å². The smallest absolute Gasteiger partial charge is 0.301 e. The lowest BCUT2D eigenvalue weighted by Crippen LogP contribution is -2.29. The summed E-state index contributed by atoms with van der Waals surface area (Å²) in [7, 11) is 0. The molecule has 1 aromatic heterocycles. The monoisotopic (exact) mass is 649 g/mol. The van der Waals surface area contributed by atoms with Crippen LogP contribution in [0.1, 0.15) is 28.3 Å². The van der Waals surface area contributed by atoms with Gasteiger partial charge in [0.25, 0.3) is 5.78 Å². The normalized spacial score (nSPS) is 16.9. The Hall–Kier alpha value is -5.13. The summed E-state index contributed by atoms with van der Waals surface area (Å²) < 4.78 is 18.1. The van der Waals surface area contributed by atoms with E-state index >= 15 is 0 Å². The van der Waals surface area contributed by atoms with Crippen LogP contribution in [-0.2, 0) is 21.9 Å². The van der Waals surface area contributed by atoms with Gasteiger partial charge in [0.1, 0.15) is 31.3 Å². The Morgan fingerprint density at radius 2 is 1.61 bits per heavy atom. The molecule has 2 aliphatic rings. The summed E-state index contributed by atoms with van der Waals surface area (Å²) in [5, 5.41) is 20.5. The molecule has 0 saturated carbocycles. The van der Waals surface area contributed by atoms with Gasteiger partial charge in [0.2, 0.25) is 5.13 Å². The second-order valence-electron chi connectivity index (χ2n) is 10.5. The minimum Gasteiger partial charge on any atom is -0.507 e. The van der Waals surface area contributed by atoms with Crippen LogP contribution in [0.2, 0.25) is 0 Å². The quantitative estimate of drug-likeness (QED) is 0.0606. The van der Waals surface area contributed by atoms with E-state index in [0.29, 0.717) is 58.3 Å². The first-order valence-electron chi connectivity index (χ1n) is 14.5. The number of aliphatic hydroxyl groups is 1. The van der Waals surface area contributed by atoms with Crippen molar-refractivity contribution >= 4 is 45.7 Å². The third-order valence-corrected chi connectivity index (χ3v) is 9.62. The zero-order valence-electron chi connectivity index (χ0n) is 24.4. The number of ether oxygens (including phenoxy) is 3. The number of fused-ring (bicyclic) bond motifs is 1. The average molecular weight is 650 g/mol. The van der Waals surface area contributed by atoms with Crippen molar-refractivity contribution in [2.75, 3.05) is 18.1 Å². The fourth-order valence-electron chi connectivity index (χ4n) is 5.28. The Bertz CT molecular complexity index is 1930. The number of rotatable bonds is 9. The first-order chi connectivity index (χ1) is 22.5. The molecule has 46 heavy (non-hydrogen) atoms. The van der Waals surface area contributed by atoms with Crippen molar-refractivity contribution in [1.29, 1.82) is 0 Å². The Balaban J connectivity index is 1.26. The van der Waals surface area contributed by atoms with E-state index in [4.69, 9.17) is 14.2 Å². The van der Waals surface area contributed by atoms with Crippen LogP contribution in [0.25, 0.3) is 5.76 Å². The number of anilines is 1. The van der Waals surface area contributed by atoms with Gasteiger partial charge in [-0.25, -0.2) is 0 Å². The summed E-state index contributed by atoms with van der Waals surface area (Å²) in [6.07, 6.45) is 0. The molecule has 0 aliphatic carbocycles. The lowest BCUT2D eigenvalue weighted by atomic mass is 9.95. The molecule has 0 bridgehead atoms. The third kappa shape index (κ3) is 6.07. The number of amides is 1. The van der Waals surface area contributed by atoms with Gasteiger partial charge in [-0.3, -0.25) is 14.5 Å². The van der Waals surface area contributed by atoms with Crippen LogP contribution in [-0.4, -0.2) is 40.2 Å². The minimum absolute atomic E-state index is 0.0735. The van der Waals surface area contributed by atoms with Crippen LogP contribution in [0.4, 0.5) is 5.13 Å². The van der Waals surface area contributed by atoms with E-state index in [0.717, 1.165) is 11.1 Å². The molecule has 4 aromatic carbocycles. The highest BCUT2D eigenvalue weighted by atomic mass is 32.2. The van der Waals surface area contributed by atoms with E-state index in [1.54, 1.807) is 36.4 Å². The molecule has 1 N–H and O–H groups in total. The molecule has 3 heterocycles. The van der Waals surface area contributed by atoms with Gasteiger partial charge in [0.15, 0.2) is 15.8 Å². The Kier molecular flexibility index (Phi) is 8.41. The van der Waals surface area contributed by atoms with Crippen molar-refractivity contribution in [3.05, 3.63) is 131 Å². The average Bonchev–Trinajstić information content (AvgIpc) is 3.68. The van der Waals surface area contributed by atoms with Crippen LogP contribution in [0.15, 0.2) is 113 Å². The van der Waals surface area contributed by atoms with Crippen LogP contribution in [0.3, 0.4) is 0 Å². The number of aliphatic hydroxyl groups excluding tert-OH is 1. The molecular formula is C35H27N3O6S2. The van der Waals surface area contributed by atoms with E-state index < -0.39 is 17.7 Å². The highest BCUT2D eigenvalue weighted by molar-refractivity contribution is 8.00. The molecule has 9 nitrogen and oxygen atoms in total. The third-order valence-electron chi connectivity index (χ3n) is 7.49. The molecular weight excluding hydrogens is 623 g/mol. The number of nitrogens with zero attached hydrogens (tertiary/aromatic N) is 3. The number of aromatic nitrogens is 2. The van der Waals surface area contributed by atoms with Gasteiger partial charge in [-0.05, 0) is 47.0 Å². The summed E-state index contributed by atoms with van der Waals surface area (Å²) in [5.41, 5.74) is 2.93. The molecule has 1 amide bonds. The second kappa shape index (κ2) is 13.1. The van der Waals surface area contributed by atoms with Crippen molar-refractivity contribution in [3.8, 4) is 17.2 Å². The number of Topliss-reactive ketones (excluding diaryl/α,β-unsaturated/α-hetero) is 1.